The van der Waals surface area contributed by atoms with Crippen LogP contribution in [0.25, 0.3) is 0 Å². The highest BCUT2D eigenvalue weighted by Crippen LogP contribution is 2.37. The van der Waals surface area contributed by atoms with Gasteiger partial charge in [-0.25, -0.2) is 17.8 Å². The molecule has 3 aromatic rings. The van der Waals surface area contributed by atoms with Crippen LogP contribution in [0.3, 0.4) is 0 Å². The normalized spacial score (nSPS) is 19.3. The van der Waals surface area contributed by atoms with Crippen molar-refractivity contribution in [2.45, 2.75) is 17.1 Å². The van der Waals surface area contributed by atoms with Crippen molar-refractivity contribution in [3.8, 4) is 0 Å². The molecule has 4 rings (SSSR count). The van der Waals surface area contributed by atoms with Crippen molar-refractivity contribution in [1.29, 1.82) is 0 Å². The predicted octanol–water partition coefficient (Wildman–Crippen LogP) is 3.62. The summed E-state index contributed by atoms with van der Waals surface area (Å²) in [5, 5.41) is 2.40. The minimum atomic E-state index is -4.51. The number of hydrogen-bond donors (Lipinski definition) is 1. The van der Waals surface area contributed by atoms with Crippen LogP contribution in [0, 0.1) is 11.7 Å². The standard InChI is InChI=1S/C22H20F4N4O3S/c1-29-12-20(27-13-29)34(32,33)30-10-18(14-2-6-16(23)7-3-14)19(11-30)21(31)28-17-8-4-15(5-9-17)22(24,25)26/h2-9,12-13,18-19H,10-11H2,1H3,(H,28,31). The molecule has 7 nitrogen and oxygen atoms in total. The third kappa shape index (κ3) is 4.82. The van der Waals surface area contributed by atoms with Crippen LogP contribution in [0.5, 0.6) is 0 Å². The molecule has 2 aromatic carbocycles. The summed E-state index contributed by atoms with van der Waals surface area (Å²) in [5.41, 5.74) is -0.155. The van der Waals surface area contributed by atoms with Gasteiger partial charge in [-0.05, 0) is 42.0 Å². The van der Waals surface area contributed by atoms with Gasteiger partial charge in [0.25, 0.3) is 10.0 Å². The lowest BCUT2D eigenvalue weighted by Gasteiger charge is -2.18. The number of hydrogen-bond acceptors (Lipinski definition) is 4. The highest BCUT2D eigenvalue weighted by Gasteiger charge is 2.44. The van der Waals surface area contributed by atoms with Gasteiger partial charge in [0, 0.05) is 37.9 Å². The smallest absolute Gasteiger partial charge is 0.339 e. The second-order valence-corrected chi connectivity index (χ2v) is 9.91. The molecule has 0 radical (unpaired) electrons. The van der Waals surface area contributed by atoms with Gasteiger partial charge >= 0.3 is 6.18 Å². The number of anilines is 1. The van der Waals surface area contributed by atoms with Crippen molar-refractivity contribution in [1.82, 2.24) is 13.9 Å². The van der Waals surface area contributed by atoms with Crippen molar-refractivity contribution >= 4 is 21.6 Å². The first-order valence-electron chi connectivity index (χ1n) is 10.2. The SMILES string of the molecule is Cn1cnc(S(=O)(=O)N2CC(C(=O)Nc3ccc(C(F)(F)F)cc3)C(c3ccc(F)cc3)C2)c1. The molecule has 1 aromatic heterocycles. The van der Waals surface area contributed by atoms with Gasteiger partial charge < -0.3 is 9.88 Å². The number of aryl methyl sites for hydroxylation is 1. The van der Waals surface area contributed by atoms with Gasteiger partial charge in [0.15, 0.2) is 5.03 Å². The number of rotatable bonds is 5. The number of sulfonamides is 1. The van der Waals surface area contributed by atoms with E-state index in [9.17, 15) is 30.8 Å². The Kier molecular flexibility index (Phi) is 6.21. The highest BCUT2D eigenvalue weighted by molar-refractivity contribution is 7.89. The van der Waals surface area contributed by atoms with Gasteiger partial charge in [0.2, 0.25) is 5.91 Å². The molecule has 0 aliphatic carbocycles. The summed E-state index contributed by atoms with van der Waals surface area (Å²) in [6.07, 6.45) is -1.82. The minimum Gasteiger partial charge on any atom is -0.339 e. The third-order valence-corrected chi connectivity index (χ3v) is 7.40. The van der Waals surface area contributed by atoms with Gasteiger partial charge in [-0.15, -0.1) is 0 Å². The lowest BCUT2D eigenvalue weighted by atomic mass is 9.88. The second kappa shape index (κ2) is 8.84. The van der Waals surface area contributed by atoms with E-state index < -0.39 is 45.3 Å². The number of halogens is 4. The Morgan fingerprint density at radius 2 is 1.71 bits per heavy atom. The maximum atomic E-state index is 13.4. The number of nitrogens with one attached hydrogen (secondary N) is 1. The summed E-state index contributed by atoms with van der Waals surface area (Å²) < 4.78 is 80.7. The molecule has 1 aliphatic rings. The molecule has 180 valence electrons. The van der Waals surface area contributed by atoms with E-state index in [0.29, 0.717) is 5.56 Å². The molecular weight excluding hydrogens is 476 g/mol. The number of aromatic nitrogens is 2. The van der Waals surface area contributed by atoms with Crippen molar-refractivity contribution in [3.05, 3.63) is 78.0 Å². The van der Waals surface area contributed by atoms with Crippen molar-refractivity contribution in [3.63, 3.8) is 0 Å². The molecule has 2 atom stereocenters. The summed E-state index contributed by atoms with van der Waals surface area (Å²) in [6, 6.07) is 9.35. The Hall–Kier alpha value is -3.25. The summed E-state index contributed by atoms with van der Waals surface area (Å²) in [5.74, 6) is -2.52. The second-order valence-electron chi connectivity index (χ2n) is 8.03. The highest BCUT2D eigenvalue weighted by atomic mass is 32.2. The van der Waals surface area contributed by atoms with Crippen LogP contribution in [0.1, 0.15) is 17.0 Å². The maximum Gasteiger partial charge on any atom is 0.416 e. The van der Waals surface area contributed by atoms with Crippen molar-refractivity contribution < 1.29 is 30.8 Å². The number of carbonyl (C=O) groups is 1. The van der Waals surface area contributed by atoms with Crippen LogP contribution >= 0.6 is 0 Å². The van der Waals surface area contributed by atoms with Crippen LogP contribution in [0.2, 0.25) is 0 Å². The van der Waals surface area contributed by atoms with E-state index in [0.717, 1.165) is 28.6 Å². The lowest BCUT2D eigenvalue weighted by Crippen LogP contribution is -2.32. The van der Waals surface area contributed by atoms with E-state index in [1.165, 1.54) is 41.4 Å². The Morgan fingerprint density at radius 1 is 1.06 bits per heavy atom. The summed E-state index contributed by atoms with van der Waals surface area (Å²) in [6.45, 7) is -0.219. The number of imidazole rings is 1. The van der Waals surface area contributed by atoms with Gasteiger partial charge in [-0.3, -0.25) is 4.79 Å². The zero-order valence-electron chi connectivity index (χ0n) is 17.8. The monoisotopic (exact) mass is 496 g/mol. The molecule has 2 unspecified atom stereocenters. The van der Waals surface area contributed by atoms with Gasteiger partial charge in [-0.2, -0.15) is 17.5 Å². The van der Waals surface area contributed by atoms with E-state index in [-0.39, 0.29) is 23.8 Å². The van der Waals surface area contributed by atoms with Crippen LogP contribution < -0.4 is 5.32 Å². The molecule has 1 aliphatic heterocycles. The molecule has 1 saturated heterocycles. The predicted molar refractivity (Wildman–Crippen MR) is 115 cm³/mol. The molecule has 0 spiro atoms. The molecule has 12 heteroatoms. The first-order valence-corrected chi connectivity index (χ1v) is 11.6. The maximum absolute atomic E-state index is 13.4. The van der Waals surface area contributed by atoms with Crippen molar-refractivity contribution in [2.75, 3.05) is 18.4 Å². The average Bonchev–Trinajstić information content (AvgIpc) is 3.42. The molecule has 1 fully saturated rings. The van der Waals surface area contributed by atoms with Crippen LogP contribution in [0.15, 0.2) is 66.1 Å². The molecule has 2 heterocycles. The van der Waals surface area contributed by atoms with E-state index >= 15 is 0 Å². The Morgan fingerprint density at radius 3 is 2.26 bits per heavy atom. The van der Waals surface area contributed by atoms with Gasteiger partial charge in [-0.1, -0.05) is 12.1 Å². The minimum absolute atomic E-state index is 0.0460. The van der Waals surface area contributed by atoms with Gasteiger partial charge in [0.05, 0.1) is 17.8 Å². The first-order chi connectivity index (χ1) is 15.9. The Bertz CT molecular complexity index is 1290. The van der Waals surface area contributed by atoms with E-state index in [1.807, 2.05) is 0 Å². The van der Waals surface area contributed by atoms with Crippen LogP contribution in [-0.4, -0.2) is 41.3 Å². The zero-order chi connectivity index (χ0) is 24.7. The summed E-state index contributed by atoms with van der Waals surface area (Å²) >= 11 is 0. The quantitative estimate of drug-likeness (QED) is 0.547. The third-order valence-electron chi connectivity index (χ3n) is 5.69. The number of alkyl halides is 3. The lowest BCUT2D eigenvalue weighted by molar-refractivity contribution is -0.137. The van der Waals surface area contributed by atoms with E-state index in [1.54, 1.807) is 7.05 Å². The number of benzene rings is 2. The van der Waals surface area contributed by atoms with Crippen LogP contribution in [0.4, 0.5) is 23.2 Å². The topological polar surface area (TPSA) is 84.3 Å². The summed E-state index contributed by atoms with van der Waals surface area (Å²) in [7, 11) is -2.38. The average molecular weight is 496 g/mol. The first kappa shape index (κ1) is 23.9. The number of nitrogens with zero attached hydrogens (tertiary/aromatic N) is 3. The Labute approximate surface area is 193 Å². The number of amides is 1. The molecule has 34 heavy (non-hydrogen) atoms. The summed E-state index contributed by atoms with van der Waals surface area (Å²) in [4.78, 5) is 17.0. The molecular formula is C22H20F4N4O3S. The van der Waals surface area contributed by atoms with Crippen LogP contribution in [-0.2, 0) is 28.0 Å². The molecule has 1 N–H and O–H groups in total. The largest absolute Gasteiger partial charge is 0.416 e. The fourth-order valence-electron chi connectivity index (χ4n) is 3.91. The van der Waals surface area contributed by atoms with E-state index in [2.05, 4.69) is 10.3 Å². The Balaban J connectivity index is 1.61. The van der Waals surface area contributed by atoms with E-state index in [4.69, 9.17) is 0 Å². The fraction of sp³-hybridized carbons (Fsp3) is 0.273. The zero-order valence-corrected chi connectivity index (χ0v) is 18.6. The molecule has 0 bridgehead atoms. The molecule has 0 saturated carbocycles. The van der Waals surface area contributed by atoms with Gasteiger partial charge in [0.1, 0.15) is 5.82 Å². The fourth-order valence-corrected chi connectivity index (χ4v) is 5.37. The number of carbonyl (C=O) groups excluding carboxylic acids is 1. The van der Waals surface area contributed by atoms with Crippen molar-refractivity contribution in [2.24, 2.45) is 13.0 Å². The molecule has 1 amide bonds.